The van der Waals surface area contributed by atoms with Crippen molar-refractivity contribution in [2.24, 2.45) is 0 Å². The monoisotopic (exact) mass is 222 g/mol. The molecular weight excluding hydrogens is 204 g/mol. The van der Waals surface area contributed by atoms with Crippen LogP contribution in [0.2, 0.25) is 0 Å². The molecule has 0 spiro atoms. The van der Waals surface area contributed by atoms with Crippen LogP contribution in [-0.4, -0.2) is 34.0 Å². The van der Waals surface area contributed by atoms with Crippen LogP contribution in [0.15, 0.2) is 18.5 Å². The zero-order valence-corrected chi connectivity index (χ0v) is 9.97. The number of hydrogen-bond donors (Lipinski definition) is 1. The Hall–Kier alpha value is -1.58. The van der Waals surface area contributed by atoms with Gasteiger partial charge in [0, 0.05) is 19.3 Å². The van der Waals surface area contributed by atoms with Gasteiger partial charge in [-0.25, -0.2) is 0 Å². The highest BCUT2D eigenvalue weighted by Crippen LogP contribution is 2.13. The minimum Gasteiger partial charge on any atom is -0.506 e. The second-order valence-electron chi connectivity index (χ2n) is 3.99. The van der Waals surface area contributed by atoms with Crippen LogP contribution in [0.5, 0.6) is 5.75 Å². The maximum absolute atomic E-state index is 12.0. The molecule has 1 aromatic heterocycles. The number of amides is 1. The van der Waals surface area contributed by atoms with E-state index in [1.807, 2.05) is 6.92 Å². The topological polar surface area (TPSA) is 53.4 Å². The van der Waals surface area contributed by atoms with Crippen LogP contribution in [0.3, 0.4) is 0 Å². The Morgan fingerprint density at radius 3 is 2.81 bits per heavy atom. The summed E-state index contributed by atoms with van der Waals surface area (Å²) >= 11 is 0. The molecule has 16 heavy (non-hydrogen) atoms. The van der Waals surface area contributed by atoms with Gasteiger partial charge in [-0.3, -0.25) is 9.78 Å². The summed E-state index contributed by atoms with van der Waals surface area (Å²) in [5.41, 5.74) is 0.422. The predicted octanol–water partition coefficient (Wildman–Crippen LogP) is 2.05. The first-order chi connectivity index (χ1) is 7.56. The van der Waals surface area contributed by atoms with Crippen molar-refractivity contribution in [2.75, 3.05) is 7.05 Å². The van der Waals surface area contributed by atoms with E-state index in [1.165, 1.54) is 18.5 Å². The molecule has 0 aromatic carbocycles. The molecule has 4 nitrogen and oxygen atoms in total. The van der Waals surface area contributed by atoms with Crippen molar-refractivity contribution in [2.45, 2.75) is 32.7 Å². The lowest BCUT2D eigenvalue weighted by molar-refractivity contribution is 0.0736. The van der Waals surface area contributed by atoms with Gasteiger partial charge in [0.25, 0.3) is 5.91 Å². The SMILES string of the molecule is CCCC(C)N(C)C(=O)c1cncc(O)c1. The average molecular weight is 222 g/mol. The summed E-state index contributed by atoms with van der Waals surface area (Å²) in [4.78, 5) is 17.5. The number of nitrogens with zero attached hydrogens (tertiary/aromatic N) is 2. The molecule has 1 amide bonds. The lowest BCUT2D eigenvalue weighted by Gasteiger charge is -2.24. The maximum Gasteiger partial charge on any atom is 0.255 e. The molecular formula is C12H18N2O2. The van der Waals surface area contributed by atoms with E-state index in [0.29, 0.717) is 5.56 Å². The Bertz CT molecular complexity index is 366. The fourth-order valence-electron chi connectivity index (χ4n) is 1.56. The van der Waals surface area contributed by atoms with Crippen LogP contribution >= 0.6 is 0 Å². The van der Waals surface area contributed by atoms with E-state index in [2.05, 4.69) is 11.9 Å². The molecule has 1 aromatic rings. The summed E-state index contributed by atoms with van der Waals surface area (Å²) in [7, 11) is 1.77. The van der Waals surface area contributed by atoms with Crippen LogP contribution in [0.1, 0.15) is 37.0 Å². The Morgan fingerprint density at radius 1 is 1.56 bits per heavy atom. The van der Waals surface area contributed by atoms with Crippen molar-refractivity contribution in [3.63, 3.8) is 0 Å². The molecule has 0 aliphatic rings. The van der Waals surface area contributed by atoms with Crippen molar-refractivity contribution in [1.82, 2.24) is 9.88 Å². The third-order valence-corrected chi connectivity index (χ3v) is 2.66. The van der Waals surface area contributed by atoms with Crippen LogP contribution in [-0.2, 0) is 0 Å². The standard InChI is InChI=1S/C12H18N2O2/c1-4-5-9(2)14(3)12(16)10-6-11(15)8-13-7-10/h6-9,15H,4-5H2,1-3H3. The summed E-state index contributed by atoms with van der Waals surface area (Å²) < 4.78 is 0. The smallest absolute Gasteiger partial charge is 0.255 e. The van der Waals surface area contributed by atoms with E-state index >= 15 is 0 Å². The van der Waals surface area contributed by atoms with Gasteiger partial charge in [-0.05, 0) is 19.4 Å². The number of hydrogen-bond acceptors (Lipinski definition) is 3. The molecule has 1 unspecified atom stereocenters. The Morgan fingerprint density at radius 2 is 2.25 bits per heavy atom. The van der Waals surface area contributed by atoms with Gasteiger partial charge in [-0.15, -0.1) is 0 Å². The highest BCUT2D eigenvalue weighted by Gasteiger charge is 2.17. The third-order valence-electron chi connectivity index (χ3n) is 2.66. The number of aromatic nitrogens is 1. The number of aromatic hydroxyl groups is 1. The zero-order chi connectivity index (χ0) is 12.1. The van der Waals surface area contributed by atoms with Crippen molar-refractivity contribution < 1.29 is 9.90 Å². The molecule has 0 aliphatic carbocycles. The minimum absolute atomic E-state index is 0.0161. The van der Waals surface area contributed by atoms with Crippen molar-refractivity contribution in [1.29, 1.82) is 0 Å². The van der Waals surface area contributed by atoms with Gasteiger partial charge in [0.05, 0.1) is 11.8 Å². The second-order valence-corrected chi connectivity index (χ2v) is 3.99. The number of pyridine rings is 1. The van der Waals surface area contributed by atoms with Gasteiger partial charge in [0.2, 0.25) is 0 Å². The lowest BCUT2D eigenvalue weighted by Crippen LogP contribution is -2.34. The van der Waals surface area contributed by atoms with E-state index in [9.17, 15) is 9.90 Å². The first-order valence-corrected chi connectivity index (χ1v) is 5.47. The van der Waals surface area contributed by atoms with Gasteiger partial charge in [-0.2, -0.15) is 0 Å². The highest BCUT2D eigenvalue weighted by atomic mass is 16.3. The van der Waals surface area contributed by atoms with Gasteiger partial charge >= 0.3 is 0 Å². The van der Waals surface area contributed by atoms with Crippen LogP contribution in [0.25, 0.3) is 0 Å². The Balaban J connectivity index is 2.77. The average Bonchev–Trinajstić information content (AvgIpc) is 2.27. The van der Waals surface area contributed by atoms with Crippen molar-refractivity contribution in [3.8, 4) is 5.75 Å². The lowest BCUT2D eigenvalue weighted by atomic mass is 10.1. The first kappa shape index (κ1) is 12.5. The van der Waals surface area contributed by atoms with E-state index in [-0.39, 0.29) is 17.7 Å². The highest BCUT2D eigenvalue weighted by molar-refractivity contribution is 5.94. The molecule has 0 bridgehead atoms. The fraction of sp³-hybridized carbons (Fsp3) is 0.500. The Labute approximate surface area is 95.9 Å². The maximum atomic E-state index is 12.0. The van der Waals surface area contributed by atoms with E-state index in [4.69, 9.17) is 0 Å². The van der Waals surface area contributed by atoms with Gasteiger partial charge < -0.3 is 10.0 Å². The molecule has 1 atom stereocenters. The molecule has 88 valence electrons. The second kappa shape index (κ2) is 5.49. The number of carbonyl (C=O) groups is 1. The quantitative estimate of drug-likeness (QED) is 0.848. The predicted molar refractivity (Wildman–Crippen MR) is 62.4 cm³/mol. The molecule has 0 fully saturated rings. The van der Waals surface area contributed by atoms with Gasteiger partial charge in [0.15, 0.2) is 0 Å². The Kier molecular flexibility index (Phi) is 4.28. The summed E-state index contributed by atoms with van der Waals surface area (Å²) in [6.45, 7) is 4.10. The summed E-state index contributed by atoms with van der Waals surface area (Å²) in [5.74, 6) is -0.0910. The van der Waals surface area contributed by atoms with E-state index in [0.717, 1.165) is 12.8 Å². The first-order valence-electron chi connectivity index (χ1n) is 5.47. The molecule has 0 aliphatic heterocycles. The molecule has 0 radical (unpaired) electrons. The van der Waals surface area contributed by atoms with Gasteiger partial charge in [-0.1, -0.05) is 13.3 Å². The normalized spacial score (nSPS) is 12.2. The van der Waals surface area contributed by atoms with E-state index in [1.54, 1.807) is 11.9 Å². The zero-order valence-electron chi connectivity index (χ0n) is 9.97. The molecule has 0 saturated carbocycles. The van der Waals surface area contributed by atoms with Gasteiger partial charge in [0.1, 0.15) is 5.75 Å². The summed E-state index contributed by atoms with van der Waals surface area (Å²) in [5, 5.41) is 9.25. The van der Waals surface area contributed by atoms with Crippen LogP contribution < -0.4 is 0 Å². The largest absolute Gasteiger partial charge is 0.506 e. The molecule has 1 N–H and O–H groups in total. The van der Waals surface area contributed by atoms with Crippen LogP contribution in [0, 0.1) is 0 Å². The third kappa shape index (κ3) is 2.95. The molecule has 4 heteroatoms. The number of rotatable bonds is 4. The number of carbonyl (C=O) groups excluding carboxylic acids is 1. The summed E-state index contributed by atoms with van der Waals surface area (Å²) in [6.07, 6.45) is 4.79. The van der Waals surface area contributed by atoms with Crippen molar-refractivity contribution in [3.05, 3.63) is 24.0 Å². The van der Waals surface area contributed by atoms with Crippen molar-refractivity contribution >= 4 is 5.91 Å². The summed E-state index contributed by atoms with van der Waals surface area (Å²) in [6, 6.07) is 1.63. The van der Waals surface area contributed by atoms with Crippen LogP contribution in [0.4, 0.5) is 0 Å². The minimum atomic E-state index is -0.107. The molecule has 1 heterocycles. The fourth-order valence-corrected chi connectivity index (χ4v) is 1.56. The molecule has 0 saturated heterocycles. The molecule has 1 rings (SSSR count). The van der Waals surface area contributed by atoms with E-state index < -0.39 is 0 Å².